The lowest BCUT2D eigenvalue weighted by Crippen LogP contribution is -2.35. The van der Waals surface area contributed by atoms with Crippen molar-refractivity contribution in [2.75, 3.05) is 27.1 Å². The van der Waals surface area contributed by atoms with Crippen LogP contribution in [-0.4, -0.2) is 44.2 Å². The first-order chi connectivity index (χ1) is 8.50. The Kier molecular flexibility index (Phi) is 8.53. The van der Waals surface area contributed by atoms with Crippen LogP contribution in [0.25, 0.3) is 0 Å². The summed E-state index contributed by atoms with van der Waals surface area (Å²) in [6, 6.07) is 0. The molecule has 0 aliphatic carbocycles. The van der Waals surface area contributed by atoms with Gasteiger partial charge < -0.3 is 19.3 Å². The second-order valence-electron chi connectivity index (χ2n) is 3.44. The van der Waals surface area contributed by atoms with Crippen LogP contribution in [0.15, 0.2) is 24.5 Å². The van der Waals surface area contributed by atoms with Crippen molar-refractivity contribution in [3.05, 3.63) is 24.5 Å². The molecule has 4 nitrogen and oxygen atoms in total. The zero-order valence-corrected chi connectivity index (χ0v) is 10.7. The van der Waals surface area contributed by atoms with Gasteiger partial charge in [-0.25, -0.2) is 0 Å². The number of hydrogen-bond donors (Lipinski definition) is 1. The van der Waals surface area contributed by atoms with Crippen LogP contribution < -0.4 is 0 Å². The van der Waals surface area contributed by atoms with Crippen LogP contribution in [0.4, 0.5) is 8.78 Å². The van der Waals surface area contributed by atoms with Gasteiger partial charge in [0, 0.05) is 7.11 Å². The molecule has 106 valence electrons. The van der Waals surface area contributed by atoms with Gasteiger partial charge in [-0.15, -0.1) is 6.58 Å². The Morgan fingerprint density at radius 2 is 2.11 bits per heavy atom. The van der Waals surface area contributed by atoms with Gasteiger partial charge in [0.2, 0.25) is 0 Å². The monoisotopic (exact) mass is 266 g/mol. The van der Waals surface area contributed by atoms with Gasteiger partial charge in [-0.1, -0.05) is 13.0 Å². The van der Waals surface area contributed by atoms with Crippen LogP contribution in [0, 0.1) is 0 Å². The molecule has 0 aromatic rings. The molecule has 0 aliphatic rings. The number of aliphatic hydroxyl groups excluding tert-OH is 1. The number of hydrogen-bond acceptors (Lipinski definition) is 4. The van der Waals surface area contributed by atoms with Crippen molar-refractivity contribution < 1.29 is 28.1 Å². The largest absolute Gasteiger partial charge is 0.466 e. The highest BCUT2D eigenvalue weighted by molar-refractivity contribution is 5.11. The normalized spacial score (nSPS) is 14.4. The van der Waals surface area contributed by atoms with Gasteiger partial charge in [-0.2, -0.15) is 8.78 Å². The van der Waals surface area contributed by atoms with Gasteiger partial charge in [-0.05, 0) is 12.5 Å². The number of ether oxygens (including phenoxy) is 3. The molecule has 6 heteroatoms. The molecule has 1 unspecified atom stereocenters. The lowest BCUT2D eigenvalue weighted by Gasteiger charge is -2.23. The number of allylic oxidation sites excluding steroid dienone is 1. The summed E-state index contributed by atoms with van der Waals surface area (Å²) in [6.07, 6.45) is 0.326. The molecule has 0 radical (unpaired) electrons. The third-order valence-corrected chi connectivity index (χ3v) is 2.04. The van der Waals surface area contributed by atoms with Crippen molar-refractivity contribution in [2.45, 2.75) is 25.4 Å². The van der Waals surface area contributed by atoms with Gasteiger partial charge in [0.05, 0.1) is 13.2 Å². The average Bonchev–Trinajstić information content (AvgIpc) is 2.36. The summed E-state index contributed by atoms with van der Waals surface area (Å²) in [5.74, 6) is -4.13. The van der Waals surface area contributed by atoms with Gasteiger partial charge in [0.15, 0.2) is 12.6 Å². The SMILES string of the molecule is C=CC(O)C(F)(F)/C(=C/CC)OCOCCOC. The van der Waals surface area contributed by atoms with E-state index < -0.39 is 17.8 Å². The molecule has 0 fully saturated rings. The summed E-state index contributed by atoms with van der Waals surface area (Å²) in [5, 5.41) is 9.17. The number of halogens is 2. The predicted molar refractivity (Wildman–Crippen MR) is 63.3 cm³/mol. The number of methoxy groups -OCH3 is 1. The fraction of sp³-hybridized carbons (Fsp3) is 0.667. The zero-order valence-electron chi connectivity index (χ0n) is 10.7. The molecule has 0 saturated carbocycles. The smallest absolute Gasteiger partial charge is 0.332 e. The van der Waals surface area contributed by atoms with Crippen LogP contribution in [-0.2, 0) is 14.2 Å². The quantitative estimate of drug-likeness (QED) is 0.285. The standard InChI is InChI=1S/C12H20F2O4/c1-4-6-11(12(13,14)10(15)5-2)18-9-17-8-7-16-3/h5-6,10,15H,2,4,7-9H2,1,3H3/b11-6-. The number of alkyl halides is 2. The van der Waals surface area contributed by atoms with Crippen LogP contribution in [0.2, 0.25) is 0 Å². The predicted octanol–water partition coefficient (Wildman–Crippen LogP) is 2.10. The highest BCUT2D eigenvalue weighted by Gasteiger charge is 2.42. The maximum absolute atomic E-state index is 13.6. The Hall–Kier alpha value is -0.980. The molecule has 0 bridgehead atoms. The molecule has 0 rings (SSSR count). The minimum Gasteiger partial charge on any atom is -0.466 e. The van der Waals surface area contributed by atoms with Crippen molar-refractivity contribution in [1.29, 1.82) is 0 Å². The molecule has 1 atom stereocenters. The van der Waals surface area contributed by atoms with E-state index in [-0.39, 0.29) is 13.4 Å². The molecule has 0 spiro atoms. The van der Waals surface area contributed by atoms with Crippen molar-refractivity contribution in [1.82, 2.24) is 0 Å². The summed E-state index contributed by atoms with van der Waals surface area (Å²) in [4.78, 5) is 0. The molecule has 18 heavy (non-hydrogen) atoms. The van der Waals surface area contributed by atoms with Crippen LogP contribution in [0.3, 0.4) is 0 Å². The highest BCUT2D eigenvalue weighted by Crippen LogP contribution is 2.30. The molecule has 0 saturated heterocycles. The zero-order chi connectivity index (χ0) is 14.0. The molecular weight excluding hydrogens is 246 g/mol. The summed E-state index contributed by atoms with van der Waals surface area (Å²) < 4.78 is 41.8. The van der Waals surface area contributed by atoms with Gasteiger partial charge in [0.1, 0.15) is 6.10 Å². The molecule has 0 aromatic carbocycles. The van der Waals surface area contributed by atoms with Crippen LogP contribution in [0.5, 0.6) is 0 Å². The second kappa shape index (κ2) is 9.02. The minimum absolute atomic E-state index is 0.242. The van der Waals surface area contributed by atoms with E-state index in [1.54, 1.807) is 6.92 Å². The van der Waals surface area contributed by atoms with Crippen molar-refractivity contribution in [2.24, 2.45) is 0 Å². The lowest BCUT2D eigenvalue weighted by atomic mass is 10.1. The first-order valence-electron chi connectivity index (χ1n) is 5.59. The van der Waals surface area contributed by atoms with Crippen LogP contribution >= 0.6 is 0 Å². The summed E-state index contributed by atoms with van der Waals surface area (Å²) >= 11 is 0. The summed E-state index contributed by atoms with van der Waals surface area (Å²) in [5.41, 5.74) is 0. The average molecular weight is 266 g/mol. The molecule has 0 heterocycles. The third-order valence-electron chi connectivity index (χ3n) is 2.04. The number of aliphatic hydroxyl groups is 1. The Bertz CT molecular complexity index is 267. The Balaban J connectivity index is 4.39. The van der Waals surface area contributed by atoms with E-state index in [1.807, 2.05) is 0 Å². The van der Waals surface area contributed by atoms with E-state index in [2.05, 4.69) is 6.58 Å². The molecule has 0 aromatic heterocycles. The van der Waals surface area contributed by atoms with Crippen molar-refractivity contribution >= 4 is 0 Å². The number of rotatable bonds is 10. The maximum Gasteiger partial charge on any atom is 0.332 e. The van der Waals surface area contributed by atoms with Crippen molar-refractivity contribution in [3.8, 4) is 0 Å². The topological polar surface area (TPSA) is 47.9 Å². The fourth-order valence-electron chi connectivity index (χ4n) is 1.08. The lowest BCUT2D eigenvalue weighted by molar-refractivity contribution is -0.123. The van der Waals surface area contributed by atoms with E-state index in [4.69, 9.17) is 14.2 Å². The third kappa shape index (κ3) is 5.57. The highest BCUT2D eigenvalue weighted by atomic mass is 19.3. The second-order valence-corrected chi connectivity index (χ2v) is 3.44. The summed E-state index contributed by atoms with van der Waals surface area (Å²) in [6.45, 7) is 5.08. The fourth-order valence-corrected chi connectivity index (χ4v) is 1.08. The van der Waals surface area contributed by atoms with Gasteiger partial charge in [0.25, 0.3) is 0 Å². The molecular formula is C12H20F2O4. The summed E-state index contributed by atoms with van der Waals surface area (Å²) in [7, 11) is 1.50. The van der Waals surface area contributed by atoms with Gasteiger partial charge >= 0.3 is 5.92 Å². The van der Waals surface area contributed by atoms with Crippen LogP contribution in [0.1, 0.15) is 13.3 Å². The minimum atomic E-state index is -3.51. The molecule has 1 N–H and O–H groups in total. The Morgan fingerprint density at radius 1 is 1.44 bits per heavy atom. The van der Waals surface area contributed by atoms with E-state index >= 15 is 0 Å². The van der Waals surface area contributed by atoms with Gasteiger partial charge in [-0.3, -0.25) is 0 Å². The van der Waals surface area contributed by atoms with E-state index in [0.717, 1.165) is 6.08 Å². The Labute approximate surface area is 106 Å². The first kappa shape index (κ1) is 17.0. The first-order valence-corrected chi connectivity index (χ1v) is 5.59. The van der Waals surface area contributed by atoms with Crippen molar-refractivity contribution in [3.63, 3.8) is 0 Å². The molecule has 0 aliphatic heterocycles. The van der Waals surface area contributed by atoms with E-state index in [9.17, 15) is 13.9 Å². The van der Waals surface area contributed by atoms with E-state index in [1.165, 1.54) is 13.2 Å². The molecule has 0 amide bonds. The Morgan fingerprint density at radius 3 is 2.61 bits per heavy atom. The maximum atomic E-state index is 13.6. The van der Waals surface area contributed by atoms with E-state index in [0.29, 0.717) is 13.0 Å².